The Balaban J connectivity index is 2.07. The standard InChI is InChI=1S/C16H11BrN2/c17-15-6-3-7-16-14(15)8-9-19(16)11-13-5-2-1-4-12(13)10-18/h1-9H,11H2. The molecule has 1 heterocycles. The van der Waals surface area contributed by atoms with Gasteiger partial charge in [0.05, 0.1) is 11.6 Å². The molecule has 0 atom stereocenters. The zero-order chi connectivity index (χ0) is 13.2. The van der Waals surface area contributed by atoms with Gasteiger partial charge in [-0.15, -0.1) is 0 Å². The summed E-state index contributed by atoms with van der Waals surface area (Å²) in [5.74, 6) is 0. The molecule has 92 valence electrons. The number of aromatic nitrogens is 1. The van der Waals surface area contributed by atoms with Crippen molar-refractivity contribution >= 4 is 26.8 Å². The highest BCUT2D eigenvalue weighted by atomic mass is 79.9. The second-order valence-corrected chi connectivity index (χ2v) is 5.24. The molecular weight excluding hydrogens is 300 g/mol. The van der Waals surface area contributed by atoms with Crippen molar-refractivity contribution in [2.75, 3.05) is 0 Å². The van der Waals surface area contributed by atoms with E-state index in [4.69, 9.17) is 5.26 Å². The molecule has 19 heavy (non-hydrogen) atoms. The third-order valence-corrected chi connectivity index (χ3v) is 3.93. The van der Waals surface area contributed by atoms with Gasteiger partial charge in [-0.2, -0.15) is 5.26 Å². The highest BCUT2D eigenvalue weighted by Gasteiger charge is 2.06. The van der Waals surface area contributed by atoms with Gasteiger partial charge < -0.3 is 4.57 Å². The molecule has 0 aliphatic rings. The average Bonchev–Trinajstić information content (AvgIpc) is 2.84. The van der Waals surface area contributed by atoms with E-state index in [-0.39, 0.29) is 0 Å². The fraction of sp³-hybridized carbons (Fsp3) is 0.0625. The Labute approximate surface area is 120 Å². The fourth-order valence-corrected chi connectivity index (χ4v) is 2.76. The highest BCUT2D eigenvalue weighted by Crippen LogP contribution is 2.25. The molecule has 1 aromatic heterocycles. The second kappa shape index (κ2) is 4.91. The number of hydrogen-bond donors (Lipinski definition) is 0. The molecule has 3 aromatic rings. The van der Waals surface area contributed by atoms with E-state index in [9.17, 15) is 0 Å². The van der Waals surface area contributed by atoms with Gasteiger partial charge >= 0.3 is 0 Å². The largest absolute Gasteiger partial charge is 0.343 e. The zero-order valence-electron chi connectivity index (χ0n) is 10.2. The Morgan fingerprint density at radius 2 is 1.89 bits per heavy atom. The van der Waals surface area contributed by atoms with Crippen molar-refractivity contribution in [1.82, 2.24) is 4.57 Å². The van der Waals surface area contributed by atoms with Crippen molar-refractivity contribution in [3.05, 3.63) is 70.3 Å². The SMILES string of the molecule is N#Cc1ccccc1Cn1ccc2c(Br)cccc21. The maximum atomic E-state index is 9.14. The summed E-state index contributed by atoms with van der Waals surface area (Å²) in [6, 6.07) is 18.2. The first-order valence-corrected chi connectivity index (χ1v) is 6.80. The topological polar surface area (TPSA) is 28.7 Å². The molecule has 0 aliphatic carbocycles. The number of rotatable bonds is 2. The number of fused-ring (bicyclic) bond motifs is 1. The normalized spacial score (nSPS) is 10.5. The average molecular weight is 311 g/mol. The zero-order valence-corrected chi connectivity index (χ0v) is 11.8. The fourth-order valence-electron chi connectivity index (χ4n) is 2.27. The minimum Gasteiger partial charge on any atom is -0.343 e. The molecule has 0 unspecified atom stereocenters. The van der Waals surface area contributed by atoms with E-state index in [0.29, 0.717) is 6.54 Å². The molecular formula is C16H11BrN2. The van der Waals surface area contributed by atoms with Crippen LogP contribution in [0.5, 0.6) is 0 Å². The number of hydrogen-bond acceptors (Lipinski definition) is 1. The minimum atomic E-state index is 0.712. The summed E-state index contributed by atoms with van der Waals surface area (Å²) in [5, 5.41) is 10.3. The Morgan fingerprint density at radius 3 is 2.74 bits per heavy atom. The van der Waals surface area contributed by atoms with Gasteiger partial charge in [0.2, 0.25) is 0 Å². The van der Waals surface area contributed by atoms with Crippen LogP contribution in [0.4, 0.5) is 0 Å². The summed E-state index contributed by atoms with van der Waals surface area (Å²) in [5.41, 5.74) is 2.95. The molecule has 0 saturated carbocycles. The molecule has 0 spiro atoms. The second-order valence-electron chi connectivity index (χ2n) is 4.39. The Morgan fingerprint density at radius 1 is 1.05 bits per heavy atom. The van der Waals surface area contributed by atoms with Crippen LogP contribution in [0.25, 0.3) is 10.9 Å². The summed E-state index contributed by atoms with van der Waals surface area (Å²) in [6.07, 6.45) is 2.06. The van der Waals surface area contributed by atoms with E-state index in [1.165, 1.54) is 10.9 Å². The lowest BCUT2D eigenvalue weighted by molar-refractivity contribution is 0.834. The van der Waals surface area contributed by atoms with Crippen molar-refractivity contribution in [2.24, 2.45) is 0 Å². The van der Waals surface area contributed by atoms with Crippen molar-refractivity contribution in [3.8, 4) is 6.07 Å². The van der Waals surface area contributed by atoms with Gasteiger partial charge in [-0.05, 0) is 29.8 Å². The first-order chi connectivity index (χ1) is 9.29. The van der Waals surface area contributed by atoms with Crippen LogP contribution in [0.2, 0.25) is 0 Å². The molecule has 0 radical (unpaired) electrons. The third-order valence-electron chi connectivity index (χ3n) is 3.24. The van der Waals surface area contributed by atoms with Gasteiger partial charge in [0.25, 0.3) is 0 Å². The molecule has 0 amide bonds. The number of benzene rings is 2. The van der Waals surface area contributed by atoms with E-state index in [2.05, 4.69) is 44.9 Å². The van der Waals surface area contributed by atoms with Crippen molar-refractivity contribution in [1.29, 1.82) is 5.26 Å². The maximum Gasteiger partial charge on any atom is 0.0995 e. The number of halogens is 1. The molecule has 3 heteroatoms. The summed E-state index contributed by atoms with van der Waals surface area (Å²) >= 11 is 3.56. The number of nitrogens with zero attached hydrogens (tertiary/aromatic N) is 2. The van der Waals surface area contributed by atoms with Crippen LogP contribution >= 0.6 is 15.9 Å². The Kier molecular flexibility index (Phi) is 3.10. The first kappa shape index (κ1) is 12.0. The van der Waals surface area contributed by atoms with Crippen LogP contribution in [0.1, 0.15) is 11.1 Å². The van der Waals surface area contributed by atoms with Crippen LogP contribution in [0.15, 0.2) is 59.2 Å². The number of nitriles is 1. The van der Waals surface area contributed by atoms with Crippen LogP contribution in [-0.2, 0) is 6.54 Å². The van der Waals surface area contributed by atoms with E-state index in [1.54, 1.807) is 0 Å². The lowest BCUT2D eigenvalue weighted by atomic mass is 10.1. The van der Waals surface area contributed by atoms with Gasteiger partial charge in [-0.3, -0.25) is 0 Å². The highest BCUT2D eigenvalue weighted by molar-refractivity contribution is 9.10. The monoisotopic (exact) mass is 310 g/mol. The molecule has 0 aliphatic heterocycles. The first-order valence-electron chi connectivity index (χ1n) is 6.01. The summed E-state index contributed by atoms with van der Waals surface area (Å²) < 4.78 is 3.26. The third kappa shape index (κ3) is 2.16. The molecule has 0 fully saturated rings. The van der Waals surface area contributed by atoms with Crippen molar-refractivity contribution in [2.45, 2.75) is 6.54 Å². The maximum absolute atomic E-state index is 9.14. The Bertz CT molecular complexity index is 781. The molecule has 0 bridgehead atoms. The summed E-state index contributed by atoms with van der Waals surface area (Å²) in [6.45, 7) is 0.712. The lowest BCUT2D eigenvalue weighted by Crippen LogP contribution is -2.00. The predicted octanol–water partition coefficient (Wildman–Crippen LogP) is 4.32. The smallest absolute Gasteiger partial charge is 0.0995 e. The molecule has 0 N–H and O–H groups in total. The van der Waals surface area contributed by atoms with Gasteiger partial charge in [0.15, 0.2) is 0 Å². The van der Waals surface area contributed by atoms with E-state index >= 15 is 0 Å². The van der Waals surface area contributed by atoms with Gasteiger partial charge in [0.1, 0.15) is 0 Å². The Hall–Kier alpha value is -2.05. The predicted molar refractivity (Wildman–Crippen MR) is 79.9 cm³/mol. The van der Waals surface area contributed by atoms with Crippen molar-refractivity contribution < 1.29 is 0 Å². The van der Waals surface area contributed by atoms with Gasteiger partial charge in [-0.25, -0.2) is 0 Å². The van der Waals surface area contributed by atoms with E-state index in [1.807, 2.05) is 36.4 Å². The lowest BCUT2D eigenvalue weighted by Gasteiger charge is -2.07. The van der Waals surface area contributed by atoms with Crippen LogP contribution in [0, 0.1) is 11.3 Å². The summed E-state index contributed by atoms with van der Waals surface area (Å²) in [4.78, 5) is 0. The molecule has 0 saturated heterocycles. The van der Waals surface area contributed by atoms with Gasteiger partial charge in [-0.1, -0.05) is 40.2 Å². The van der Waals surface area contributed by atoms with Crippen LogP contribution in [-0.4, -0.2) is 4.57 Å². The molecule has 2 aromatic carbocycles. The minimum absolute atomic E-state index is 0.712. The van der Waals surface area contributed by atoms with E-state index < -0.39 is 0 Å². The summed E-state index contributed by atoms with van der Waals surface area (Å²) in [7, 11) is 0. The quantitative estimate of drug-likeness (QED) is 0.693. The molecule has 2 nitrogen and oxygen atoms in total. The van der Waals surface area contributed by atoms with E-state index in [0.717, 1.165) is 15.6 Å². The van der Waals surface area contributed by atoms with Crippen molar-refractivity contribution in [3.63, 3.8) is 0 Å². The van der Waals surface area contributed by atoms with Crippen LogP contribution < -0.4 is 0 Å². The van der Waals surface area contributed by atoms with Gasteiger partial charge in [0, 0.05) is 28.1 Å². The molecule has 3 rings (SSSR count). The van der Waals surface area contributed by atoms with Crippen LogP contribution in [0.3, 0.4) is 0 Å².